The van der Waals surface area contributed by atoms with E-state index in [1.54, 1.807) is 6.07 Å². The number of phenolic OH excluding ortho intramolecular Hbond substituents is 1. The van der Waals surface area contributed by atoms with Gasteiger partial charge >= 0.3 is 0 Å². The molecule has 0 radical (unpaired) electrons. The molecule has 3 N–H and O–H groups in total. The van der Waals surface area contributed by atoms with E-state index in [-0.39, 0.29) is 17.6 Å². The Balaban J connectivity index is 2.02. The quantitative estimate of drug-likeness (QED) is 0.810. The lowest BCUT2D eigenvalue weighted by atomic mass is 9.85. The van der Waals surface area contributed by atoms with Gasteiger partial charge in [0.1, 0.15) is 5.75 Å². The lowest BCUT2D eigenvalue weighted by Crippen LogP contribution is -2.24. The predicted molar refractivity (Wildman–Crippen MR) is 90.1 cm³/mol. The van der Waals surface area contributed by atoms with E-state index in [4.69, 9.17) is 0 Å². The van der Waals surface area contributed by atoms with Gasteiger partial charge in [-0.1, -0.05) is 6.07 Å². The van der Waals surface area contributed by atoms with Crippen LogP contribution in [0.4, 0.5) is 11.5 Å². The van der Waals surface area contributed by atoms with E-state index >= 15 is 0 Å². The van der Waals surface area contributed by atoms with Crippen LogP contribution in [0.15, 0.2) is 18.2 Å². The van der Waals surface area contributed by atoms with E-state index in [0.29, 0.717) is 12.2 Å². The van der Waals surface area contributed by atoms with Gasteiger partial charge in [0.2, 0.25) is 5.91 Å². The number of hydrogen-bond acceptors (Lipinski definition) is 4. The molecule has 122 valence electrons. The highest BCUT2D eigenvalue weighted by Gasteiger charge is 2.32. The zero-order chi connectivity index (χ0) is 16.6. The van der Waals surface area contributed by atoms with Crippen molar-refractivity contribution >= 4 is 17.4 Å². The van der Waals surface area contributed by atoms with Crippen LogP contribution in [0, 0.1) is 6.92 Å². The third-order valence-electron chi connectivity index (χ3n) is 4.51. The molecule has 0 unspecified atom stereocenters. The molecule has 0 bridgehead atoms. The molecule has 2 heterocycles. The smallest absolute Gasteiger partial charge is 0.226 e. The van der Waals surface area contributed by atoms with Crippen molar-refractivity contribution < 1.29 is 9.90 Å². The van der Waals surface area contributed by atoms with Crippen molar-refractivity contribution in [3.8, 4) is 5.75 Å². The number of nitrogens with one attached hydrogen (secondary N) is 2. The van der Waals surface area contributed by atoms with Crippen LogP contribution < -0.4 is 10.2 Å². The number of aromatic hydroxyl groups is 1. The van der Waals surface area contributed by atoms with Crippen LogP contribution in [0.5, 0.6) is 5.75 Å². The first-order chi connectivity index (χ1) is 11.0. The van der Waals surface area contributed by atoms with Crippen molar-refractivity contribution in [1.29, 1.82) is 0 Å². The Morgan fingerprint density at radius 3 is 2.74 bits per heavy atom. The molecule has 0 saturated carbocycles. The Kier molecular flexibility index (Phi) is 3.98. The second-order valence-electron chi connectivity index (χ2n) is 5.83. The van der Waals surface area contributed by atoms with Crippen molar-refractivity contribution in [2.24, 2.45) is 0 Å². The zero-order valence-electron chi connectivity index (χ0n) is 13.7. The Bertz CT molecular complexity index is 734. The highest BCUT2D eigenvalue weighted by molar-refractivity contribution is 5.94. The number of aryl methyl sites for hydroxylation is 1. The fraction of sp³-hybridized carbons (Fsp3) is 0.412. The number of anilines is 2. The monoisotopic (exact) mass is 314 g/mol. The number of fused-ring (bicyclic) bond motifs is 1. The van der Waals surface area contributed by atoms with Gasteiger partial charge in [-0.15, -0.1) is 0 Å². The first kappa shape index (κ1) is 15.4. The SMILES string of the molecule is CCN(CC)c1ccc([C@H]2CC(=O)Nc3n[nH]c(C)c32)c(O)c1. The molecule has 0 spiro atoms. The van der Waals surface area contributed by atoms with E-state index in [9.17, 15) is 9.90 Å². The summed E-state index contributed by atoms with van der Waals surface area (Å²) >= 11 is 0. The van der Waals surface area contributed by atoms with Crippen LogP contribution in [-0.4, -0.2) is 34.3 Å². The van der Waals surface area contributed by atoms with Crippen molar-refractivity contribution in [3.63, 3.8) is 0 Å². The van der Waals surface area contributed by atoms with Crippen LogP contribution in [0.2, 0.25) is 0 Å². The number of aromatic amines is 1. The average Bonchev–Trinajstić information content (AvgIpc) is 2.89. The van der Waals surface area contributed by atoms with Gasteiger partial charge in [0, 0.05) is 54.0 Å². The van der Waals surface area contributed by atoms with Crippen molar-refractivity contribution in [2.75, 3.05) is 23.3 Å². The molecule has 0 fully saturated rings. The standard InChI is InChI=1S/C17H22N4O2/c1-4-21(5-2)11-6-7-12(14(22)8-11)13-9-15(23)18-17-16(13)10(3)19-20-17/h6-8,13,22H,4-5,9H2,1-3H3,(H2,18,19,20,23)/t13-/m1/s1. The Hall–Kier alpha value is -2.50. The van der Waals surface area contributed by atoms with E-state index < -0.39 is 0 Å². The number of amides is 1. The molecule has 6 nitrogen and oxygen atoms in total. The summed E-state index contributed by atoms with van der Waals surface area (Å²) in [6.07, 6.45) is 0.311. The first-order valence-corrected chi connectivity index (χ1v) is 7.97. The van der Waals surface area contributed by atoms with Gasteiger partial charge in [-0.25, -0.2) is 0 Å². The number of H-pyrrole nitrogens is 1. The van der Waals surface area contributed by atoms with Crippen molar-refractivity contribution in [2.45, 2.75) is 33.1 Å². The predicted octanol–water partition coefficient (Wildman–Crippen LogP) is 2.74. The number of carbonyl (C=O) groups excluding carboxylic acids is 1. The number of phenols is 1. The summed E-state index contributed by atoms with van der Waals surface area (Å²) in [6, 6.07) is 5.70. The van der Waals surface area contributed by atoms with Crippen molar-refractivity contribution in [3.05, 3.63) is 35.0 Å². The topological polar surface area (TPSA) is 81.2 Å². The maximum absolute atomic E-state index is 11.9. The van der Waals surface area contributed by atoms with Crippen LogP contribution >= 0.6 is 0 Å². The summed E-state index contributed by atoms with van der Waals surface area (Å²) in [5.74, 6) is 0.529. The number of nitrogens with zero attached hydrogens (tertiary/aromatic N) is 2. The summed E-state index contributed by atoms with van der Waals surface area (Å²) in [5.41, 5.74) is 3.62. The molecule has 0 aliphatic carbocycles. The van der Waals surface area contributed by atoms with Crippen molar-refractivity contribution in [1.82, 2.24) is 10.2 Å². The first-order valence-electron chi connectivity index (χ1n) is 7.97. The largest absolute Gasteiger partial charge is 0.508 e. The molecule has 1 amide bonds. The van der Waals surface area contributed by atoms with Gasteiger partial charge in [0.25, 0.3) is 0 Å². The number of carbonyl (C=O) groups is 1. The summed E-state index contributed by atoms with van der Waals surface area (Å²) in [4.78, 5) is 14.1. The summed E-state index contributed by atoms with van der Waals surface area (Å²) in [5, 5.41) is 20.4. The molecule has 1 aliphatic rings. The molecular formula is C17H22N4O2. The molecule has 1 atom stereocenters. The molecule has 3 rings (SSSR count). The molecule has 1 aliphatic heterocycles. The van der Waals surface area contributed by atoms with Gasteiger partial charge in [-0.2, -0.15) is 5.10 Å². The van der Waals surface area contributed by atoms with E-state index in [0.717, 1.165) is 35.6 Å². The van der Waals surface area contributed by atoms with Gasteiger partial charge in [-0.05, 0) is 26.8 Å². The summed E-state index contributed by atoms with van der Waals surface area (Å²) in [6.45, 7) is 7.86. The molecule has 1 aromatic carbocycles. The van der Waals surface area contributed by atoms with Crippen LogP contribution in [-0.2, 0) is 4.79 Å². The highest BCUT2D eigenvalue weighted by atomic mass is 16.3. The minimum absolute atomic E-state index is 0.0822. The minimum Gasteiger partial charge on any atom is -0.508 e. The Labute approximate surface area is 135 Å². The highest BCUT2D eigenvalue weighted by Crippen LogP contribution is 2.42. The maximum atomic E-state index is 11.9. The normalized spacial score (nSPS) is 16.8. The van der Waals surface area contributed by atoms with Gasteiger partial charge in [-0.3, -0.25) is 9.89 Å². The third-order valence-corrected chi connectivity index (χ3v) is 4.51. The molecule has 23 heavy (non-hydrogen) atoms. The van der Waals surface area contributed by atoms with Crippen LogP contribution in [0.25, 0.3) is 0 Å². The second-order valence-corrected chi connectivity index (χ2v) is 5.83. The molecule has 0 saturated heterocycles. The lowest BCUT2D eigenvalue weighted by Gasteiger charge is -2.26. The molecule has 2 aromatic rings. The van der Waals surface area contributed by atoms with E-state index in [1.807, 2.05) is 19.1 Å². The maximum Gasteiger partial charge on any atom is 0.226 e. The zero-order valence-corrected chi connectivity index (χ0v) is 13.7. The lowest BCUT2D eigenvalue weighted by molar-refractivity contribution is -0.116. The fourth-order valence-corrected chi connectivity index (χ4v) is 3.31. The molecular weight excluding hydrogens is 292 g/mol. The Morgan fingerprint density at radius 2 is 2.09 bits per heavy atom. The number of aromatic nitrogens is 2. The van der Waals surface area contributed by atoms with Crippen LogP contribution in [0.3, 0.4) is 0 Å². The number of hydrogen-bond donors (Lipinski definition) is 3. The fourth-order valence-electron chi connectivity index (χ4n) is 3.31. The number of rotatable bonds is 4. The van der Waals surface area contributed by atoms with Gasteiger partial charge < -0.3 is 15.3 Å². The van der Waals surface area contributed by atoms with Crippen LogP contribution in [0.1, 0.15) is 43.0 Å². The average molecular weight is 314 g/mol. The summed E-state index contributed by atoms with van der Waals surface area (Å²) in [7, 11) is 0. The van der Waals surface area contributed by atoms with E-state index in [2.05, 4.69) is 34.3 Å². The van der Waals surface area contributed by atoms with Gasteiger partial charge in [0.05, 0.1) is 0 Å². The van der Waals surface area contributed by atoms with E-state index in [1.165, 1.54) is 0 Å². The van der Waals surface area contributed by atoms with Gasteiger partial charge in [0.15, 0.2) is 5.82 Å². The second kappa shape index (κ2) is 5.95. The molecule has 1 aromatic heterocycles. The Morgan fingerprint density at radius 1 is 1.35 bits per heavy atom. The summed E-state index contributed by atoms with van der Waals surface area (Å²) < 4.78 is 0. The minimum atomic E-state index is -0.178. The number of benzene rings is 1. The third kappa shape index (κ3) is 2.65. The molecule has 6 heteroatoms.